The molecule has 0 aromatic carbocycles. The molecule has 3 fully saturated rings. The molecule has 2 saturated carbocycles. The van der Waals surface area contributed by atoms with Gasteiger partial charge in [-0.15, -0.1) is 0 Å². The quantitative estimate of drug-likeness (QED) is 0.791. The Morgan fingerprint density at radius 1 is 0.938 bits per heavy atom. The molecule has 92 valence electrons. The van der Waals surface area contributed by atoms with Crippen molar-refractivity contribution in [2.45, 2.75) is 51.4 Å². The molecular weight excluding hydrogens is 198 g/mol. The minimum atomic E-state index is 0.388. The Hall–Kier alpha value is -0.0800. The van der Waals surface area contributed by atoms with Gasteiger partial charge in [0.1, 0.15) is 0 Å². The molecule has 1 aliphatic heterocycles. The van der Waals surface area contributed by atoms with Crippen molar-refractivity contribution < 1.29 is 5.11 Å². The Bertz CT molecular complexity index is 245. The standard InChI is InChI=1S/C14H25NO/c16-9-8-13(6-7-13)10-15-11-14(12-15)4-2-1-3-5-14/h16H,1-12H2. The van der Waals surface area contributed by atoms with Gasteiger partial charge in [-0.1, -0.05) is 19.3 Å². The minimum Gasteiger partial charge on any atom is -0.396 e. The molecule has 0 aromatic heterocycles. The molecule has 3 aliphatic rings. The summed E-state index contributed by atoms with van der Waals surface area (Å²) in [5.74, 6) is 0. The number of hydrogen-bond donors (Lipinski definition) is 1. The molecule has 0 aromatic rings. The molecule has 2 heteroatoms. The van der Waals surface area contributed by atoms with Crippen LogP contribution in [-0.4, -0.2) is 36.2 Å². The Morgan fingerprint density at radius 2 is 1.62 bits per heavy atom. The number of nitrogens with zero attached hydrogens (tertiary/aromatic N) is 1. The number of aliphatic hydroxyl groups is 1. The normalized spacial score (nSPS) is 31.3. The highest BCUT2D eigenvalue weighted by molar-refractivity contribution is 5.02. The molecule has 0 atom stereocenters. The molecular formula is C14H25NO. The second-order valence-electron chi connectivity index (χ2n) is 6.68. The van der Waals surface area contributed by atoms with E-state index < -0.39 is 0 Å². The van der Waals surface area contributed by atoms with Crippen LogP contribution >= 0.6 is 0 Å². The van der Waals surface area contributed by atoms with Gasteiger partial charge in [-0.2, -0.15) is 0 Å². The predicted molar refractivity (Wildman–Crippen MR) is 65.3 cm³/mol. The molecule has 16 heavy (non-hydrogen) atoms. The van der Waals surface area contributed by atoms with E-state index in [1.165, 1.54) is 64.6 Å². The van der Waals surface area contributed by atoms with Gasteiger partial charge in [0.05, 0.1) is 0 Å². The minimum absolute atomic E-state index is 0.388. The lowest BCUT2D eigenvalue weighted by Crippen LogP contribution is -2.58. The van der Waals surface area contributed by atoms with E-state index in [1.807, 2.05) is 0 Å². The van der Waals surface area contributed by atoms with Crippen molar-refractivity contribution in [3.05, 3.63) is 0 Å². The molecule has 1 saturated heterocycles. The summed E-state index contributed by atoms with van der Waals surface area (Å²) in [7, 11) is 0. The van der Waals surface area contributed by atoms with E-state index >= 15 is 0 Å². The van der Waals surface area contributed by atoms with Crippen LogP contribution in [0.1, 0.15) is 51.4 Å². The first kappa shape index (κ1) is 11.0. The van der Waals surface area contributed by atoms with E-state index in [9.17, 15) is 0 Å². The highest BCUT2D eigenvalue weighted by Gasteiger charge is 2.49. The summed E-state index contributed by atoms with van der Waals surface area (Å²) < 4.78 is 0. The van der Waals surface area contributed by atoms with Gasteiger partial charge in [-0.05, 0) is 42.9 Å². The van der Waals surface area contributed by atoms with Crippen LogP contribution in [0.5, 0.6) is 0 Å². The number of rotatable bonds is 4. The zero-order valence-electron chi connectivity index (χ0n) is 10.4. The first-order chi connectivity index (χ1) is 7.76. The topological polar surface area (TPSA) is 23.5 Å². The first-order valence-electron chi connectivity index (χ1n) is 7.09. The number of aliphatic hydroxyl groups excluding tert-OH is 1. The van der Waals surface area contributed by atoms with E-state index in [4.69, 9.17) is 5.11 Å². The van der Waals surface area contributed by atoms with Crippen LogP contribution in [0.15, 0.2) is 0 Å². The molecule has 2 aliphatic carbocycles. The van der Waals surface area contributed by atoms with Crippen molar-refractivity contribution in [1.82, 2.24) is 4.90 Å². The summed E-state index contributed by atoms with van der Waals surface area (Å²) in [5, 5.41) is 9.07. The summed E-state index contributed by atoms with van der Waals surface area (Å²) in [6.45, 7) is 4.38. The fourth-order valence-electron chi connectivity index (χ4n) is 4.01. The second kappa shape index (κ2) is 3.99. The Morgan fingerprint density at radius 3 is 2.19 bits per heavy atom. The van der Waals surface area contributed by atoms with E-state index in [-0.39, 0.29) is 0 Å². The Labute approximate surface area is 99.0 Å². The molecule has 1 N–H and O–H groups in total. The van der Waals surface area contributed by atoms with Gasteiger partial charge < -0.3 is 10.0 Å². The molecule has 1 heterocycles. The Kier molecular flexibility index (Phi) is 2.75. The van der Waals surface area contributed by atoms with Crippen LogP contribution in [0.4, 0.5) is 0 Å². The third-order valence-electron chi connectivity index (χ3n) is 5.19. The lowest BCUT2D eigenvalue weighted by Gasteiger charge is -2.53. The van der Waals surface area contributed by atoms with Gasteiger partial charge in [-0.25, -0.2) is 0 Å². The Balaban J connectivity index is 1.46. The summed E-state index contributed by atoms with van der Waals surface area (Å²) in [6.07, 6.45) is 11.1. The molecule has 0 bridgehead atoms. The summed E-state index contributed by atoms with van der Waals surface area (Å²) in [4.78, 5) is 2.66. The van der Waals surface area contributed by atoms with E-state index in [0.717, 1.165) is 11.8 Å². The van der Waals surface area contributed by atoms with Crippen molar-refractivity contribution in [3.63, 3.8) is 0 Å². The van der Waals surface area contributed by atoms with Crippen molar-refractivity contribution in [2.24, 2.45) is 10.8 Å². The molecule has 1 spiro atoms. The fraction of sp³-hybridized carbons (Fsp3) is 1.00. The monoisotopic (exact) mass is 223 g/mol. The summed E-state index contributed by atoms with van der Waals surface area (Å²) in [5.41, 5.74) is 1.26. The average Bonchev–Trinajstić information content (AvgIpc) is 2.98. The highest BCUT2D eigenvalue weighted by atomic mass is 16.3. The van der Waals surface area contributed by atoms with Crippen LogP contribution in [0.25, 0.3) is 0 Å². The van der Waals surface area contributed by atoms with Gasteiger partial charge in [0.2, 0.25) is 0 Å². The van der Waals surface area contributed by atoms with Crippen LogP contribution < -0.4 is 0 Å². The number of hydrogen-bond acceptors (Lipinski definition) is 2. The molecule has 2 nitrogen and oxygen atoms in total. The van der Waals surface area contributed by atoms with E-state index in [2.05, 4.69) is 4.90 Å². The van der Waals surface area contributed by atoms with Gasteiger partial charge >= 0.3 is 0 Å². The SMILES string of the molecule is OCCC1(CN2CC3(CCCCC3)C2)CC1. The van der Waals surface area contributed by atoms with E-state index in [1.54, 1.807) is 0 Å². The smallest absolute Gasteiger partial charge is 0.0436 e. The maximum Gasteiger partial charge on any atom is 0.0436 e. The average molecular weight is 223 g/mol. The molecule has 0 amide bonds. The zero-order chi connectivity index (χ0) is 11.1. The van der Waals surface area contributed by atoms with E-state index in [0.29, 0.717) is 12.0 Å². The van der Waals surface area contributed by atoms with Crippen LogP contribution in [0.3, 0.4) is 0 Å². The highest BCUT2D eigenvalue weighted by Crippen LogP contribution is 2.52. The van der Waals surface area contributed by atoms with Gasteiger partial charge in [0.25, 0.3) is 0 Å². The van der Waals surface area contributed by atoms with Crippen LogP contribution in [0.2, 0.25) is 0 Å². The number of likely N-dealkylation sites (tertiary alicyclic amines) is 1. The van der Waals surface area contributed by atoms with Gasteiger partial charge in [0, 0.05) is 26.2 Å². The maximum atomic E-state index is 9.07. The van der Waals surface area contributed by atoms with Crippen molar-refractivity contribution in [3.8, 4) is 0 Å². The fourth-order valence-corrected chi connectivity index (χ4v) is 4.01. The lowest BCUT2D eigenvalue weighted by atomic mass is 9.68. The van der Waals surface area contributed by atoms with Crippen LogP contribution in [-0.2, 0) is 0 Å². The molecule has 3 rings (SSSR count). The molecule has 0 unspecified atom stereocenters. The van der Waals surface area contributed by atoms with Crippen molar-refractivity contribution >= 4 is 0 Å². The molecule has 0 radical (unpaired) electrons. The third kappa shape index (κ3) is 2.02. The maximum absolute atomic E-state index is 9.07. The third-order valence-corrected chi connectivity index (χ3v) is 5.19. The van der Waals surface area contributed by atoms with Crippen LogP contribution in [0, 0.1) is 10.8 Å². The van der Waals surface area contributed by atoms with Gasteiger partial charge in [-0.3, -0.25) is 0 Å². The first-order valence-corrected chi connectivity index (χ1v) is 7.09. The largest absolute Gasteiger partial charge is 0.396 e. The van der Waals surface area contributed by atoms with Crippen molar-refractivity contribution in [2.75, 3.05) is 26.2 Å². The predicted octanol–water partition coefficient (Wildman–Crippen LogP) is 2.42. The summed E-state index contributed by atoms with van der Waals surface area (Å²) >= 11 is 0. The second-order valence-corrected chi connectivity index (χ2v) is 6.68. The van der Waals surface area contributed by atoms with Crippen molar-refractivity contribution in [1.29, 1.82) is 0 Å². The summed E-state index contributed by atoms with van der Waals surface area (Å²) in [6, 6.07) is 0. The lowest BCUT2D eigenvalue weighted by molar-refractivity contribution is -0.0407. The zero-order valence-corrected chi connectivity index (χ0v) is 10.4. The van der Waals surface area contributed by atoms with Gasteiger partial charge in [0.15, 0.2) is 0 Å².